The van der Waals surface area contributed by atoms with Crippen LogP contribution in [0.1, 0.15) is 65.3 Å². The Labute approximate surface area is 339 Å². The lowest BCUT2D eigenvalue weighted by Gasteiger charge is -2.24. The Morgan fingerprint density at radius 3 is 2.08 bits per heavy atom. The minimum atomic E-state index is -1.22. The highest BCUT2D eigenvalue weighted by Crippen LogP contribution is 2.37. The van der Waals surface area contributed by atoms with Crippen molar-refractivity contribution in [2.75, 3.05) is 37.5 Å². The van der Waals surface area contributed by atoms with Gasteiger partial charge in [0.1, 0.15) is 37.4 Å². The molecule has 24 nitrogen and oxygen atoms in total. The number of fused-ring (bicyclic) bond motifs is 2. The van der Waals surface area contributed by atoms with E-state index in [2.05, 4.69) is 35.2 Å². The number of aliphatic hydroxyl groups excluding tert-OH is 3. The number of nitrogens with one attached hydrogen (secondary N) is 1. The van der Waals surface area contributed by atoms with Gasteiger partial charge in [-0.15, -0.1) is 0 Å². The Kier molecular flexibility index (Phi) is 13.4. The summed E-state index contributed by atoms with van der Waals surface area (Å²) < 4.78 is 29.9. The molecular formula is C34H44ClN11O13. The van der Waals surface area contributed by atoms with Gasteiger partial charge in [0.25, 0.3) is 0 Å². The zero-order valence-corrected chi connectivity index (χ0v) is 33.3. The largest absolute Gasteiger partial charge is 0.472 e. The van der Waals surface area contributed by atoms with Crippen molar-refractivity contribution in [3.05, 3.63) is 27.9 Å². The molecule has 7 rings (SSSR count). The van der Waals surface area contributed by atoms with Crippen LogP contribution in [0.2, 0.25) is 5.15 Å². The third-order valence-electron chi connectivity index (χ3n) is 9.70. The molecule has 0 aromatic carbocycles. The maximum atomic E-state index is 11.7. The molecule has 1 saturated carbocycles. The van der Waals surface area contributed by atoms with Gasteiger partial charge >= 0.3 is 23.9 Å². The fourth-order valence-corrected chi connectivity index (χ4v) is 7.27. The lowest BCUT2D eigenvalue weighted by atomic mass is 9.96. The maximum absolute atomic E-state index is 11.7. The molecule has 4 aromatic heterocycles. The summed E-state index contributed by atoms with van der Waals surface area (Å²) in [5, 5.41) is 44.1. The van der Waals surface area contributed by atoms with Crippen LogP contribution in [-0.2, 0) is 38.1 Å². The van der Waals surface area contributed by atoms with Crippen LogP contribution in [0.5, 0.6) is 0 Å². The number of carbonyl (C=O) groups excluding carboxylic acids is 3. The molecule has 25 heteroatoms. The molecule has 2 saturated heterocycles. The van der Waals surface area contributed by atoms with Crippen molar-refractivity contribution < 1.29 is 58.3 Å². The minimum Gasteiger partial charge on any atom is -0.463 e. The van der Waals surface area contributed by atoms with Crippen LogP contribution in [0.15, 0.2) is 12.7 Å². The lowest BCUT2D eigenvalue weighted by molar-refractivity contribution is -0.394. The molecule has 3 fully saturated rings. The van der Waals surface area contributed by atoms with Crippen LogP contribution in [0.25, 0.3) is 22.3 Å². The molecule has 0 bridgehead atoms. The number of rotatable bonds is 11. The monoisotopic (exact) mass is 849 g/mol. The first-order chi connectivity index (χ1) is 28.1. The van der Waals surface area contributed by atoms with E-state index < -0.39 is 77.9 Å². The predicted octanol–water partition coefficient (Wildman–Crippen LogP) is 0.960. The first kappa shape index (κ1) is 43.2. The highest BCUT2D eigenvalue weighted by atomic mass is 35.5. The van der Waals surface area contributed by atoms with Gasteiger partial charge in [0.2, 0.25) is 16.7 Å². The molecule has 4 aromatic rings. The Balaban J connectivity index is 0.000000199. The quantitative estimate of drug-likeness (QED) is 0.0537. The second-order valence-corrected chi connectivity index (χ2v) is 14.6. The number of esters is 3. The number of carbonyl (C=O) groups is 3. The van der Waals surface area contributed by atoms with Crippen LogP contribution < -0.4 is 10.2 Å². The van der Waals surface area contributed by atoms with E-state index >= 15 is 0 Å². The molecule has 4 N–H and O–H groups in total. The van der Waals surface area contributed by atoms with Crippen molar-refractivity contribution in [3.63, 3.8) is 0 Å². The zero-order chi connectivity index (χ0) is 42.7. The third-order valence-corrected chi connectivity index (χ3v) is 9.96. The summed E-state index contributed by atoms with van der Waals surface area (Å²) in [5.74, 6) is -1.64. The van der Waals surface area contributed by atoms with E-state index in [9.17, 15) is 39.8 Å². The number of nitro groups is 1. The van der Waals surface area contributed by atoms with Crippen LogP contribution in [-0.4, -0.2) is 147 Å². The first-order valence-corrected chi connectivity index (χ1v) is 18.9. The van der Waals surface area contributed by atoms with Crippen molar-refractivity contribution >= 4 is 69.6 Å². The van der Waals surface area contributed by atoms with E-state index in [-0.39, 0.29) is 29.5 Å². The molecule has 59 heavy (non-hydrogen) atoms. The molecule has 6 heterocycles. The molecule has 0 amide bonds. The van der Waals surface area contributed by atoms with Gasteiger partial charge in [-0.3, -0.25) is 23.5 Å². The summed E-state index contributed by atoms with van der Waals surface area (Å²) in [5.41, 5.74) is 1.04. The van der Waals surface area contributed by atoms with Gasteiger partial charge in [-0.25, -0.2) is 9.97 Å². The molecule has 2 unspecified atom stereocenters. The number of imidazole rings is 2. The Hall–Kier alpha value is -5.40. The van der Waals surface area contributed by atoms with E-state index in [0.717, 1.165) is 26.7 Å². The van der Waals surface area contributed by atoms with E-state index in [1.165, 1.54) is 43.4 Å². The topological polar surface area (TPSA) is 304 Å². The number of hydrogen-bond donors (Lipinski definition) is 4. The molecule has 1 aliphatic carbocycles. The second-order valence-electron chi connectivity index (χ2n) is 14.2. The molecule has 8 atom stereocenters. The summed E-state index contributed by atoms with van der Waals surface area (Å²) in [7, 11) is 3.77. The molecule has 320 valence electrons. The van der Waals surface area contributed by atoms with Crippen molar-refractivity contribution in [1.82, 2.24) is 39.0 Å². The first-order valence-electron chi connectivity index (χ1n) is 18.6. The fraction of sp³-hybridized carbons (Fsp3) is 0.618. The fourth-order valence-electron chi connectivity index (χ4n) is 7.06. The number of aliphatic hydroxyl groups is 3. The summed E-state index contributed by atoms with van der Waals surface area (Å²) >= 11 is 5.97. The van der Waals surface area contributed by atoms with Gasteiger partial charge in [-0.1, -0.05) is 24.2 Å². The van der Waals surface area contributed by atoms with Crippen LogP contribution in [0.4, 0.5) is 17.7 Å². The third kappa shape index (κ3) is 9.42. The van der Waals surface area contributed by atoms with Crippen LogP contribution >= 0.6 is 11.6 Å². The number of anilines is 2. The number of halogens is 1. The average molecular weight is 850 g/mol. The maximum Gasteiger partial charge on any atom is 0.472 e. The van der Waals surface area contributed by atoms with Gasteiger partial charge in [-0.05, 0) is 34.3 Å². The Bertz CT molecular complexity index is 2180. The standard InChI is InChI=1S/C18H28N6O4.C16H16ClN5O9/c1-23(2)15-12-16(22-18(21-15)20-10-6-4-3-5-7-10)24(9-19-12)17-14(27)13(26)11(8-25)28-17;1-6(23)28-4-9-11(29-7(2)24)12(30-8(3)25)15(31-9)21-5-18-10-13(17)19-16(22(26)27)20-14(10)21/h9-11,13-14,17,25-27H,3-8H2,1-2H3,(H,20,21,22);5,9,11-12,15H,4H2,1-3H3/t11-,13?,14+,17-;9-,11?,12+,15-/m11/s1. The van der Waals surface area contributed by atoms with Gasteiger partial charge in [0.05, 0.1) is 12.9 Å². The van der Waals surface area contributed by atoms with E-state index in [4.69, 9.17) is 35.3 Å². The average Bonchev–Trinajstić information content (AvgIpc) is 3.95. The van der Waals surface area contributed by atoms with E-state index in [1.54, 1.807) is 4.57 Å². The lowest BCUT2D eigenvalue weighted by Crippen LogP contribution is -2.40. The minimum absolute atomic E-state index is 0.0323. The Morgan fingerprint density at radius 2 is 1.49 bits per heavy atom. The number of hydrogen-bond acceptors (Lipinski definition) is 21. The van der Waals surface area contributed by atoms with E-state index in [0.29, 0.717) is 29.0 Å². The van der Waals surface area contributed by atoms with Gasteiger partial charge in [0, 0.05) is 40.9 Å². The highest BCUT2D eigenvalue weighted by Gasteiger charge is 2.51. The molecule has 2 aliphatic heterocycles. The van der Waals surface area contributed by atoms with Crippen molar-refractivity contribution in [3.8, 4) is 0 Å². The van der Waals surface area contributed by atoms with Crippen molar-refractivity contribution in [1.29, 1.82) is 0 Å². The second kappa shape index (κ2) is 18.3. The zero-order valence-electron chi connectivity index (χ0n) is 32.6. The molecule has 3 aliphatic rings. The highest BCUT2D eigenvalue weighted by molar-refractivity contribution is 6.33. The summed E-state index contributed by atoms with van der Waals surface area (Å²) in [4.78, 5) is 71.8. The van der Waals surface area contributed by atoms with E-state index in [1.807, 2.05) is 19.0 Å². The van der Waals surface area contributed by atoms with Crippen molar-refractivity contribution in [2.24, 2.45) is 0 Å². The smallest absolute Gasteiger partial charge is 0.463 e. The molecule has 0 radical (unpaired) electrons. The Morgan fingerprint density at radius 1 is 0.881 bits per heavy atom. The molecule has 0 spiro atoms. The van der Waals surface area contributed by atoms with Crippen molar-refractivity contribution in [2.45, 2.75) is 108 Å². The normalized spacial score (nSPS) is 25.6. The summed E-state index contributed by atoms with van der Waals surface area (Å²) in [6, 6.07) is 0.339. The summed E-state index contributed by atoms with van der Waals surface area (Å²) in [6.07, 6.45) is -0.132. The molecular weight excluding hydrogens is 806 g/mol. The van der Waals surface area contributed by atoms with Gasteiger partial charge in [-0.2, -0.15) is 9.97 Å². The number of ether oxygens (including phenoxy) is 5. The predicted molar refractivity (Wildman–Crippen MR) is 202 cm³/mol. The summed E-state index contributed by atoms with van der Waals surface area (Å²) in [6.45, 7) is 2.76. The van der Waals surface area contributed by atoms with Crippen LogP contribution in [0, 0.1) is 10.1 Å². The van der Waals surface area contributed by atoms with Crippen LogP contribution in [0.3, 0.4) is 0 Å². The number of aromatic nitrogens is 8. The SMILES string of the molecule is CC(=O)OC[C@H]1O[C@@H](n2cnc3c(Cl)nc([N+](=O)[O-])nc32)[C@@H](OC(C)=O)C1OC(C)=O.CN(C)c1nc(NC2CCCCC2)nc2c1ncn2[C@@H]1O[C@H](CO)C(O)[C@@H]1O. The number of nitrogens with zero attached hydrogens (tertiary/aromatic N) is 10. The van der Waals surface area contributed by atoms with Gasteiger partial charge < -0.3 is 59.3 Å². The van der Waals surface area contributed by atoms with Gasteiger partial charge in [0.15, 0.2) is 47.2 Å².